The van der Waals surface area contributed by atoms with Crippen LogP contribution in [0.1, 0.15) is 12.0 Å². The van der Waals surface area contributed by atoms with Gasteiger partial charge in [0.05, 0.1) is 6.42 Å². The molecular weight excluding hydrogens is 372 g/mol. The molecule has 3 rings (SSSR count). The molecule has 0 aliphatic carbocycles. The first-order valence-electron chi connectivity index (χ1n) is 8.23. The molecule has 0 aromatic heterocycles. The van der Waals surface area contributed by atoms with Gasteiger partial charge in [-0.25, -0.2) is 8.78 Å². The van der Waals surface area contributed by atoms with Crippen LogP contribution in [-0.2, 0) is 16.1 Å². The molecule has 0 unspecified atom stereocenters. The van der Waals surface area contributed by atoms with Gasteiger partial charge in [-0.2, -0.15) is 0 Å². The van der Waals surface area contributed by atoms with Crippen molar-refractivity contribution < 1.29 is 18.4 Å². The highest BCUT2D eigenvalue weighted by molar-refractivity contribution is 7.80. The van der Waals surface area contributed by atoms with Crippen molar-refractivity contribution in [2.45, 2.75) is 19.0 Å². The van der Waals surface area contributed by atoms with E-state index >= 15 is 0 Å². The molecule has 1 N–H and O–H groups in total. The number of anilines is 1. The standard InChI is InChI=1S/C19H17F2N3O2S/c1-23-18(26)16(10-17(25)22-15-8-6-14(21)7-9-15)24(19(23)27)11-12-2-4-13(20)5-3-12/h2-9,16H,10-11H2,1H3,(H,22,25)/t16-/m1/s1. The Hall–Kier alpha value is -2.87. The summed E-state index contributed by atoms with van der Waals surface area (Å²) in [6, 6.07) is 10.5. The van der Waals surface area contributed by atoms with Gasteiger partial charge in [-0.3, -0.25) is 14.5 Å². The quantitative estimate of drug-likeness (QED) is 0.799. The van der Waals surface area contributed by atoms with Crippen molar-refractivity contribution in [2.24, 2.45) is 0 Å². The Morgan fingerprint density at radius 1 is 1.07 bits per heavy atom. The first kappa shape index (κ1) is 18.9. The van der Waals surface area contributed by atoms with Gasteiger partial charge in [0.2, 0.25) is 5.91 Å². The van der Waals surface area contributed by atoms with Crippen LogP contribution in [0.2, 0.25) is 0 Å². The molecule has 2 aromatic carbocycles. The maximum absolute atomic E-state index is 13.1. The van der Waals surface area contributed by atoms with E-state index in [-0.39, 0.29) is 30.6 Å². The zero-order valence-electron chi connectivity index (χ0n) is 14.5. The molecule has 27 heavy (non-hydrogen) atoms. The van der Waals surface area contributed by atoms with Crippen LogP contribution in [0.3, 0.4) is 0 Å². The highest BCUT2D eigenvalue weighted by Crippen LogP contribution is 2.23. The third-order valence-electron chi connectivity index (χ3n) is 4.30. The highest BCUT2D eigenvalue weighted by Gasteiger charge is 2.41. The first-order valence-corrected chi connectivity index (χ1v) is 8.64. The van der Waals surface area contributed by atoms with E-state index in [0.29, 0.717) is 10.8 Å². The molecule has 1 aliphatic heterocycles. The average Bonchev–Trinajstić information content (AvgIpc) is 2.83. The van der Waals surface area contributed by atoms with Gasteiger partial charge >= 0.3 is 0 Å². The average molecular weight is 389 g/mol. The van der Waals surface area contributed by atoms with Crippen LogP contribution in [0.5, 0.6) is 0 Å². The lowest BCUT2D eigenvalue weighted by Crippen LogP contribution is -2.37. The number of carbonyl (C=O) groups is 2. The second-order valence-electron chi connectivity index (χ2n) is 6.21. The maximum Gasteiger partial charge on any atom is 0.251 e. The third kappa shape index (κ3) is 4.28. The molecule has 5 nitrogen and oxygen atoms in total. The van der Waals surface area contributed by atoms with Gasteiger partial charge in [-0.15, -0.1) is 0 Å². The summed E-state index contributed by atoms with van der Waals surface area (Å²) in [6.07, 6.45) is -0.109. The number of amides is 2. The van der Waals surface area contributed by atoms with Gasteiger partial charge < -0.3 is 10.2 Å². The normalized spacial score (nSPS) is 16.8. The number of thiocarbonyl (C=S) groups is 1. The van der Waals surface area contributed by atoms with Crippen molar-refractivity contribution in [1.29, 1.82) is 0 Å². The Kier molecular flexibility index (Phi) is 5.46. The van der Waals surface area contributed by atoms with Crippen LogP contribution in [0.4, 0.5) is 14.5 Å². The summed E-state index contributed by atoms with van der Waals surface area (Å²) in [4.78, 5) is 27.8. The number of halogens is 2. The van der Waals surface area contributed by atoms with E-state index in [4.69, 9.17) is 12.2 Å². The maximum atomic E-state index is 13.1. The Balaban J connectivity index is 1.72. The molecular formula is C19H17F2N3O2S. The summed E-state index contributed by atoms with van der Waals surface area (Å²) < 4.78 is 26.1. The fourth-order valence-electron chi connectivity index (χ4n) is 2.86. The van der Waals surface area contributed by atoms with Crippen LogP contribution in [0.25, 0.3) is 0 Å². The molecule has 0 saturated carbocycles. The monoisotopic (exact) mass is 389 g/mol. The molecule has 1 atom stereocenters. The van der Waals surface area contributed by atoms with Crippen molar-refractivity contribution in [2.75, 3.05) is 12.4 Å². The van der Waals surface area contributed by atoms with E-state index in [0.717, 1.165) is 5.56 Å². The van der Waals surface area contributed by atoms with Crippen molar-refractivity contribution in [3.63, 3.8) is 0 Å². The minimum absolute atomic E-state index is 0.109. The number of nitrogens with zero attached hydrogens (tertiary/aromatic N) is 2. The smallest absolute Gasteiger partial charge is 0.251 e. The fourth-order valence-corrected chi connectivity index (χ4v) is 3.14. The van der Waals surface area contributed by atoms with Crippen LogP contribution in [0, 0.1) is 11.6 Å². The number of hydrogen-bond donors (Lipinski definition) is 1. The Labute approximate surface area is 160 Å². The number of likely N-dealkylation sites (N-methyl/N-ethyl adjacent to an activating group) is 1. The van der Waals surface area contributed by atoms with E-state index in [1.54, 1.807) is 24.1 Å². The largest absolute Gasteiger partial charge is 0.332 e. The lowest BCUT2D eigenvalue weighted by Gasteiger charge is -2.23. The Morgan fingerprint density at radius 3 is 2.22 bits per heavy atom. The van der Waals surface area contributed by atoms with Gasteiger partial charge in [0, 0.05) is 19.3 Å². The van der Waals surface area contributed by atoms with E-state index in [2.05, 4.69) is 5.32 Å². The number of hydrogen-bond acceptors (Lipinski definition) is 3. The molecule has 0 spiro atoms. The molecule has 2 aromatic rings. The van der Waals surface area contributed by atoms with Crippen molar-refractivity contribution in [3.8, 4) is 0 Å². The summed E-state index contributed by atoms with van der Waals surface area (Å²) in [7, 11) is 1.56. The second-order valence-corrected chi connectivity index (χ2v) is 6.57. The fraction of sp³-hybridized carbons (Fsp3) is 0.211. The van der Waals surface area contributed by atoms with E-state index in [1.807, 2.05) is 0 Å². The molecule has 0 radical (unpaired) electrons. The third-order valence-corrected chi connectivity index (χ3v) is 4.81. The topological polar surface area (TPSA) is 52.7 Å². The number of benzene rings is 2. The zero-order chi connectivity index (χ0) is 19.6. The molecule has 1 saturated heterocycles. The lowest BCUT2D eigenvalue weighted by atomic mass is 10.1. The summed E-state index contributed by atoms with van der Waals surface area (Å²) in [5.41, 5.74) is 1.21. The second kappa shape index (κ2) is 7.79. The molecule has 1 aliphatic rings. The molecule has 2 amide bonds. The van der Waals surface area contributed by atoms with Crippen molar-refractivity contribution >= 4 is 34.8 Å². The highest BCUT2D eigenvalue weighted by atomic mass is 32.1. The van der Waals surface area contributed by atoms with Crippen LogP contribution >= 0.6 is 12.2 Å². The summed E-state index contributed by atoms with van der Waals surface area (Å²) in [5, 5.41) is 2.95. The SMILES string of the molecule is CN1C(=O)[C@@H](CC(=O)Nc2ccc(F)cc2)N(Cc2ccc(F)cc2)C1=S. The van der Waals surface area contributed by atoms with E-state index < -0.39 is 11.9 Å². The van der Waals surface area contributed by atoms with Crippen LogP contribution in [-0.4, -0.2) is 39.8 Å². The number of rotatable bonds is 5. The van der Waals surface area contributed by atoms with E-state index in [9.17, 15) is 18.4 Å². The summed E-state index contributed by atoms with van der Waals surface area (Å²) >= 11 is 5.32. The van der Waals surface area contributed by atoms with Crippen molar-refractivity contribution in [1.82, 2.24) is 9.80 Å². The zero-order valence-corrected chi connectivity index (χ0v) is 15.3. The lowest BCUT2D eigenvalue weighted by molar-refractivity contribution is -0.130. The Bertz CT molecular complexity index is 872. The molecule has 1 fully saturated rings. The summed E-state index contributed by atoms with van der Waals surface area (Å²) in [6.45, 7) is 0.281. The first-order chi connectivity index (χ1) is 12.8. The minimum atomic E-state index is -0.756. The molecule has 140 valence electrons. The number of nitrogens with one attached hydrogen (secondary N) is 1. The van der Waals surface area contributed by atoms with Gasteiger partial charge in [0.25, 0.3) is 5.91 Å². The van der Waals surface area contributed by atoms with Crippen molar-refractivity contribution in [3.05, 3.63) is 65.7 Å². The van der Waals surface area contributed by atoms with Gasteiger partial charge in [-0.1, -0.05) is 12.1 Å². The predicted molar refractivity (Wildman–Crippen MR) is 101 cm³/mol. The van der Waals surface area contributed by atoms with E-state index in [1.165, 1.54) is 41.3 Å². The van der Waals surface area contributed by atoms with Gasteiger partial charge in [-0.05, 0) is 54.2 Å². The van der Waals surface area contributed by atoms with Gasteiger partial charge in [0.1, 0.15) is 17.7 Å². The number of carbonyl (C=O) groups excluding carboxylic acids is 2. The summed E-state index contributed by atoms with van der Waals surface area (Å²) in [5.74, 6) is -1.43. The van der Waals surface area contributed by atoms with Crippen LogP contribution in [0.15, 0.2) is 48.5 Å². The minimum Gasteiger partial charge on any atom is -0.332 e. The Morgan fingerprint density at radius 2 is 1.63 bits per heavy atom. The van der Waals surface area contributed by atoms with Gasteiger partial charge in [0.15, 0.2) is 5.11 Å². The molecule has 1 heterocycles. The predicted octanol–water partition coefficient (Wildman–Crippen LogP) is 2.92. The molecule has 8 heteroatoms. The molecule has 0 bridgehead atoms. The van der Waals surface area contributed by atoms with Crippen LogP contribution < -0.4 is 5.32 Å².